The second-order valence-corrected chi connectivity index (χ2v) is 7.01. The fourth-order valence-corrected chi connectivity index (χ4v) is 4.28. The van der Waals surface area contributed by atoms with Gasteiger partial charge in [-0.3, -0.25) is 4.90 Å². The topological polar surface area (TPSA) is 21.7 Å². The fourth-order valence-electron chi connectivity index (χ4n) is 3.38. The molecule has 0 amide bonds. The third-order valence-corrected chi connectivity index (χ3v) is 5.57. The van der Waals surface area contributed by atoms with Crippen molar-refractivity contribution in [1.29, 1.82) is 0 Å². The molecule has 0 spiro atoms. The Hall–Kier alpha value is -1.52. The summed E-state index contributed by atoms with van der Waals surface area (Å²) in [7, 11) is 3.45. The molecule has 3 rings (SSSR count). The summed E-state index contributed by atoms with van der Waals surface area (Å²) in [5.41, 5.74) is 1.20. The van der Waals surface area contributed by atoms with Crippen LogP contribution in [0.1, 0.15) is 42.2 Å². The molecule has 1 aromatic carbocycles. The van der Waals surface area contributed by atoms with E-state index in [2.05, 4.69) is 28.5 Å². The molecule has 3 nitrogen and oxygen atoms in total. The maximum atomic E-state index is 5.56. The smallest absolute Gasteiger partial charge is 0.123 e. The Balaban J connectivity index is 1.86. The van der Waals surface area contributed by atoms with Crippen molar-refractivity contribution in [3.8, 4) is 11.5 Å². The van der Waals surface area contributed by atoms with Gasteiger partial charge in [-0.15, -0.1) is 11.3 Å². The van der Waals surface area contributed by atoms with Gasteiger partial charge in [0.2, 0.25) is 0 Å². The maximum Gasteiger partial charge on any atom is 0.123 e. The molecule has 1 aliphatic heterocycles. The van der Waals surface area contributed by atoms with Crippen molar-refractivity contribution in [2.75, 3.05) is 20.8 Å². The molecule has 2 heterocycles. The van der Waals surface area contributed by atoms with E-state index in [-0.39, 0.29) is 0 Å². The van der Waals surface area contributed by atoms with Gasteiger partial charge in [0.25, 0.3) is 0 Å². The van der Waals surface area contributed by atoms with Gasteiger partial charge in [-0.1, -0.05) is 18.9 Å². The molecule has 0 radical (unpaired) electrons. The van der Waals surface area contributed by atoms with Gasteiger partial charge in [0.05, 0.1) is 14.2 Å². The number of hydrogen-bond donors (Lipinski definition) is 0. The quantitative estimate of drug-likeness (QED) is 0.779. The van der Waals surface area contributed by atoms with Gasteiger partial charge in [0.1, 0.15) is 11.5 Å². The number of rotatable bonds is 5. The van der Waals surface area contributed by atoms with Crippen LogP contribution in [0.15, 0.2) is 35.7 Å². The number of likely N-dealkylation sites (tertiary alicyclic amines) is 1. The van der Waals surface area contributed by atoms with Crippen molar-refractivity contribution in [1.82, 2.24) is 4.90 Å². The molecular formula is C19H25NO2S. The summed E-state index contributed by atoms with van der Waals surface area (Å²) in [6, 6.07) is 11.0. The van der Waals surface area contributed by atoms with E-state index in [0.717, 1.165) is 24.6 Å². The van der Waals surface area contributed by atoms with E-state index in [1.165, 1.54) is 36.1 Å². The highest BCUT2D eigenvalue weighted by atomic mass is 32.1. The first kappa shape index (κ1) is 16.3. The van der Waals surface area contributed by atoms with Gasteiger partial charge in [0.15, 0.2) is 0 Å². The van der Waals surface area contributed by atoms with Crippen LogP contribution in [0.25, 0.3) is 0 Å². The van der Waals surface area contributed by atoms with Crippen molar-refractivity contribution in [2.45, 2.75) is 38.3 Å². The minimum absolute atomic E-state index is 0.522. The van der Waals surface area contributed by atoms with E-state index >= 15 is 0 Å². The van der Waals surface area contributed by atoms with Crippen molar-refractivity contribution >= 4 is 11.3 Å². The summed E-state index contributed by atoms with van der Waals surface area (Å²) in [6.45, 7) is 2.05. The normalized spacial score (nSPS) is 19.3. The molecule has 0 unspecified atom stereocenters. The largest absolute Gasteiger partial charge is 0.497 e. The Labute approximate surface area is 142 Å². The highest BCUT2D eigenvalue weighted by Crippen LogP contribution is 2.35. The Kier molecular flexibility index (Phi) is 5.57. The molecule has 4 heteroatoms. The summed E-state index contributed by atoms with van der Waals surface area (Å²) in [5.74, 6) is 1.84. The lowest BCUT2D eigenvalue weighted by Crippen LogP contribution is -2.27. The standard InChI is InChI=1S/C19H25NO2S/c1-21-16-9-10-18(22-2)15(13-16)14-20-11-5-3-4-7-17(20)19-8-6-12-23-19/h6,8-10,12-13,17H,3-5,7,11,14H2,1-2H3/t17-/m1/s1. The molecular weight excluding hydrogens is 306 g/mol. The Morgan fingerprint density at radius 1 is 1.13 bits per heavy atom. The molecule has 1 fully saturated rings. The number of thiophene rings is 1. The van der Waals surface area contributed by atoms with E-state index < -0.39 is 0 Å². The minimum Gasteiger partial charge on any atom is -0.497 e. The average molecular weight is 331 g/mol. The van der Waals surface area contributed by atoms with Gasteiger partial charge < -0.3 is 9.47 Å². The van der Waals surface area contributed by atoms with Crippen LogP contribution >= 0.6 is 11.3 Å². The number of hydrogen-bond acceptors (Lipinski definition) is 4. The molecule has 1 aliphatic rings. The third-order valence-electron chi connectivity index (χ3n) is 4.60. The zero-order chi connectivity index (χ0) is 16.1. The lowest BCUT2D eigenvalue weighted by Gasteiger charge is -2.30. The third kappa shape index (κ3) is 3.88. The number of ether oxygens (including phenoxy) is 2. The highest BCUT2D eigenvalue weighted by Gasteiger charge is 2.24. The summed E-state index contributed by atoms with van der Waals surface area (Å²) >= 11 is 1.87. The molecule has 2 aromatic rings. The van der Waals surface area contributed by atoms with Crippen molar-refractivity contribution < 1.29 is 9.47 Å². The minimum atomic E-state index is 0.522. The lowest BCUT2D eigenvalue weighted by atomic mass is 10.1. The van der Waals surface area contributed by atoms with Gasteiger partial charge in [0, 0.05) is 23.0 Å². The molecule has 0 N–H and O–H groups in total. The number of methoxy groups -OCH3 is 2. The molecule has 0 saturated carbocycles. The van der Waals surface area contributed by atoms with Crippen LogP contribution in [0.5, 0.6) is 11.5 Å². The molecule has 23 heavy (non-hydrogen) atoms. The van der Waals surface area contributed by atoms with Crippen LogP contribution in [0.3, 0.4) is 0 Å². The summed E-state index contributed by atoms with van der Waals surface area (Å²) in [5, 5.41) is 2.19. The highest BCUT2D eigenvalue weighted by molar-refractivity contribution is 7.10. The van der Waals surface area contributed by atoms with Crippen molar-refractivity contribution in [2.24, 2.45) is 0 Å². The van der Waals surface area contributed by atoms with Crippen LogP contribution in [0.2, 0.25) is 0 Å². The van der Waals surface area contributed by atoms with Crippen LogP contribution in [0, 0.1) is 0 Å². The van der Waals surface area contributed by atoms with E-state index in [0.29, 0.717) is 6.04 Å². The SMILES string of the molecule is COc1ccc(OC)c(CN2CCCCC[C@@H]2c2cccs2)c1. The van der Waals surface area contributed by atoms with Crippen molar-refractivity contribution in [3.63, 3.8) is 0 Å². The average Bonchev–Trinajstić information content (AvgIpc) is 3.02. The monoisotopic (exact) mass is 331 g/mol. The van der Waals surface area contributed by atoms with E-state index in [4.69, 9.17) is 9.47 Å². The van der Waals surface area contributed by atoms with Gasteiger partial charge in [-0.25, -0.2) is 0 Å². The van der Waals surface area contributed by atoms with Crippen molar-refractivity contribution in [3.05, 3.63) is 46.2 Å². The van der Waals surface area contributed by atoms with Crippen LogP contribution in [0.4, 0.5) is 0 Å². The molecule has 0 aliphatic carbocycles. The first-order chi connectivity index (χ1) is 11.3. The second kappa shape index (κ2) is 7.84. The van der Waals surface area contributed by atoms with E-state index in [1.807, 2.05) is 23.5 Å². The molecule has 0 bridgehead atoms. The number of nitrogens with zero attached hydrogens (tertiary/aromatic N) is 1. The van der Waals surface area contributed by atoms with Crippen LogP contribution < -0.4 is 9.47 Å². The van der Waals surface area contributed by atoms with Gasteiger partial charge >= 0.3 is 0 Å². The molecule has 1 aromatic heterocycles. The first-order valence-electron chi connectivity index (χ1n) is 8.30. The fraction of sp³-hybridized carbons (Fsp3) is 0.474. The zero-order valence-electron chi connectivity index (χ0n) is 14.0. The van der Waals surface area contributed by atoms with Gasteiger partial charge in [-0.05, 0) is 49.0 Å². The molecule has 1 saturated heterocycles. The number of benzene rings is 1. The summed E-state index contributed by atoms with van der Waals surface area (Å²) < 4.78 is 11.0. The van der Waals surface area contributed by atoms with E-state index in [9.17, 15) is 0 Å². The molecule has 1 atom stereocenters. The lowest BCUT2D eigenvalue weighted by molar-refractivity contribution is 0.192. The molecule has 124 valence electrons. The zero-order valence-corrected chi connectivity index (χ0v) is 14.8. The van der Waals surface area contributed by atoms with Crippen LogP contribution in [-0.2, 0) is 6.54 Å². The predicted octanol–water partition coefficient (Wildman–Crippen LogP) is 4.88. The summed E-state index contributed by atoms with van der Waals surface area (Å²) in [6.07, 6.45) is 5.16. The predicted molar refractivity (Wildman–Crippen MR) is 95.5 cm³/mol. The Morgan fingerprint density at radius 3 is 2.78 bits per heavy atom. The summed E-state index contributed by atoms with van der Waals surface area (Å²) in [4.78, 5) is 4.09. The van der Waals surface area contributed by atoms with Gasteiger partial charge in [-0.2, -0.15) is 0 Å². The Bertz CT molecular complexity index is 612. The van der Waals surface area contributed by atoms with E-state index in [1.54, 1.807) is 14.2 Å². The maximum absolute atomic E-state index is 5.56. The first-order valence-corrected chi connectivity index (χ1v) is 9.18. The van der Waals surface area contributed by atoms with Crippen LogP contribution in [-0.4, -0.2) is 25.7 Å². The second-order valence-electron chi connectivity index (χ2n) is 6.03. The Morgan fingerprint density at radius 2 is 2.04 bits per heavy atom.